The van der Waals surface area contributed by atoms with Gasteiger partial charge in [-0.3, -0.25) is 0 Å². The third kappa shape index (κ3) is 2.73. The average Bonchev–Trinajstić information content (AvgIpc) is 2.09. The molecule has 0 fully saturated rings. The van der Waals surface area contributed by atoms with Gasteiger partial charge >= 0.3 is 0 Å². The van der Waals surface area contributed by atoms with Crippen LogP contribution in [0, 0.1) is 12.7 Å². The number of benzene rings is 1. The van der Waals surface area contributed by atoms with Gasteiger partial charge in [0.2, 0.25) is 0 Å². The van der Waals surface area contributed by atoms with Crippen LogP contribution in [0.1, 0.15) is 11.1 Å². The Morgan fingerprint density at radius 1 is 1.36 bits per heavy atom. The summed E-state index contributed by atoms with van der Waals surface area (Å²) < 4.78 is 36.9. The minimum absolute atomic E-state index is 0.0732. The number of rotatable bonds is 3. The molecule has 1 atom stereocenters. The second-order valence-electron chi connectivity index (χ2n) is 3.27. The summed E-state index contributed by atoms with van der Waals surface area (Å²) in [5, 5.41) is 0. The van der Waals surface area contributed by atoms with Crippen LogP contribution in [0.5, 0.6) is 0 Å². The van der Waals surface area contributed by atoms with E-state index < -0.39 is 12.5 Å². The Bertz CT molecular complexity index is 312. The summed E-state index contributed by atoms with van der Waals surface area (Å²) in [5.74, 6) is -0.364. The van der Waals surface area contributed by atoms with Crippen LogP contribution >= 0.6 is 0 Å². The van der Waals surface area contributed by atoms with Crippen LogP contribution in [0.4, 0.5) is 13.2 Å². The maximum atomic E-state index is 12.7. The van der Waals surface area contributed by atoms with E-state index in [1.165, 1.54) is 18.2 Å². The van der Waals surface area contributed by atoms with Crippen molar-refractivity contribution in [1.82, 2.24) is 0 Å². The minimum atomic E-state index is -2.54. The van der Waals surface area contributed by atoms with Gasteiger partial charge < -0.3 is 5.73 Å². The van der Waals surface area contributed by atoms with Crippen molar-refractivity contribution in [3.05, 3.63) is 35.1 Å². The van der Waals surface area contributed by atoms with Gasteiger partial charge in [-0.05, 0) is 36.6 Å². The lowest BCUT2D eigenvalue weighted by Crippen LogP contribution is -2.31. The molecule has 14 heavy (non-hydrogen) atoms. The average molecular weight is 203 g/mol. The standard InChI is InChI=1S/C10H12F3N/c1-6-4-8(11)3-2-7(6)5-9(14)10(12)13/h2-4,9-10H,5,14H2,1H3. The smallest absolute Gasteiger partial charge is 0.253 e. The molecule has 1 nitrogen and oxygen atoms in total. The molecule has 1 rings (SSSR count). The van der Waals surface area contributed by atoms with Gasteiger partial charge in [0, 0.05) is 0 Å². The zero-order chi connectivity index (χ0) is 10.7. The van der Waals surface area contributed by atoms with Gasteiger partial charge in [0.05, 0.1) is 6.04 Å². The molecule has 0 aromatic heterocycles. The predicted octanol–water partition coefficient (Wildman–Crippen LogP) is 2.27. The highest BCUT2D eigenvalue weighted by Gasteiger charge is 2.16. The van der Waals surface area contributed by atoms with E-state index in [2.05, 4.69) is 0 Å². The van der Waals surface area contributed by atoms with Crippen LogP contribution in [0.25, 0.3) is 0 Å². The lowest BCUT2D eigenvalue weighted by Gasteiger charge is -2.12. The van der Waals surface area contributed by atoms with Crippen molar-refractivity contribution in [3.8, 4) is 0 Å². The number of hydrogen-bond donors (Lipinski definition) is 1. The fourth-order valence-electron chi connectivity index (χ4n) is 1.23. The Kier molecular flexibility index (Phi) is 3.52. The lowest BCUT2D eigenvalue weighted by atomic mass is 10.0. The first kappa shape index (κ1) is 11.0. The number of alkyl halides is 2. The van der Waals surface area contributed by atoms with E-state index in [4.69, 9.17) is 5.73 Å². The van der Waals surface area contributed by atoms with Gasteiger partial charge in [-0.25, -0.2) is 13.2 Å². The van der Waals surface area contributed by atoms with Crippen LogP contribution in [-0.2, 0) is 6.42 Å². The van der Waals surface area contributed by atoms with Crippen molar-refractivity contribution in [3.63, 3.8) is 0 Å². The Morgan fingerprint density at radius 2 is 2.00 bits per heavy atom. The van der Waals surface area contributed by atoms with Crippen molar-refractivity contribution in [1.29, 1.82) is 0 Å². The van der Waals surface area contributed by atoms with E-state index in [-0.39, 0.29) is 12.2 Å². The summed E-state index contributed by atoms with van der Waals surface area (Å²) in [7, 11) is 0. The molecule has 4 heteroatoms. The topological polar surface area (TPSA) is 26.0 Å². The van der Waals surface area contributed by atoms with Crippen LogP contribution in [-0.4, -0.2) is 12.5 Å². The van der Waals surface area contributed by atoms with Gasteiger partial charge in [0.25, 0.3) is 6.43 Å². The molecule has 1 aromatic carbocycles. The molecule has 0 heterocycles. The van der Waals surface area contributed by atoms with Gasteiger partial charge in [-0.15, -0.1) is 0 Å². The van der Waals surface area contributed by atoms with Crippen LogP contribution in [0.3, 0.4) is 0 Å². The first-order chi connectivity index (χ1) is 6.50. The van der Waals surface area contributed by atoms with Crippen LogP contribution < -0.4 is 5.73 Å². The number of hydrogen-bond acceptors (Lipinski definition) is 1. The van der Waals surface area contributed by atoms with E-state index in [0.29, 0.717) is 11.1 Å². The number of halogens is 3. The quantitative estimate of drug-likeness (QED) is 0.801. The second-order valence-corrected chi connectivity index (χ2v) is 3.27. The first-order valence-electron chi connectivity index (χ1n) is 4.29. The third-order valence-electron chi connectivity index (χ3n) is 2.08. The second kappa shape index (κ2) is 4.46. The predicted molar refractivity (Wildman–Crippen MR) is 48.8 cm³/mol. The van der Waals surface area contributed by atoms with E-state index >= 15 is 0 Å². The number of nitrogens with two attached hydrogens (primary N) is 1. The molecular formula is C10H12F3N. The summed E-state index contributed by atoms with van der Waals surface area (Å²) in [4.78, 5) is 0. The fourth-order valence-corrected chi connectivity index (χ4v) is 1.23. The molecule has 0 aliphatic carbocycles. The van der Waals surface area contributed by atoms with Crippen molar-refractivity contribution < 1.29 is 13.2 Å². The van der Waals surface area contributed by atoms with Gasteiger partial charge in [0.15, 0.2) is 0 Å². The first-order valence-corrected chi connectivity index (χ1v) is 4.29. The molecule has 0 saturated heterocycles. The van der Waals surface area contributed by atoms with Crippen LogP contribution in [0.2, 0.25) is 0 Å². The van der Waals surface area contributed by atoms with Crippen molar-refractivity contribution >= 4 is 0 Å². The highest BCUT2D eigenvalue weighted by molar-refractivity contribution is 5.27. The summed E-state index contributed by atoms with van der Waals surface area (Å²) in [5.41, 5.74) is 6.53. The Hall–Kier alpha value is -1.03. The Labute approximate surface area is 80.7 Å². The molecule has 0 bridgehead atoms. The maximum Gasteiger partial charge on any atom is 0.253 e. The molecule has 0 aliphatic heterocycles. The highest BCUT2D eigenvalue weighted by Crippen LogP contribution is 2.13. The highest BCUT2D eigenvalue weighted by atomic mass is 19.3. The zero-order valence-corrected chi connectivity index (χ0v) is 7.81. The molecule has 1 unspecified atom stereocenters. The SMILES string of the molecule is Cc1cc(F)ccc1CC(N)C(F)F. The van der Waals surface area contributed by atoms with Crippen LogP contribution in [0.15, 0.2) is 18.2 Å². The van der Waals surface area contributed by atoms with E-state index in [1.54, 1.807) is 6.92 Å². The molecule has 0 amide bonds. The minimum Gasteiger partial charge on any atom is -0.323 e. The van der Waals surface area contributed by atoms with Gasteiger partial charge in [0.1, 0.15) is 5.82 Å². The van der Waals surface area contributed by atoms with E-state index in [1.807, 2.05) is 0 Å². The van der Waals surface area contributed by atoms with Crippen molar-refractivity contribution in [2.45, 2.75) is 25.8 Å². The fraction of sp³-hybridized carbons (Fsp3) is 0.400. The summed E-state index contributed by atoms with van der Waals surface area (Å²) in [6.07, 6.45) is -2.47. The molecule has 0 saturated carbocycles. The van der Waals surface area contributed by atoms with Crippen molar-refractivity contribution in [2.24, 2.45) is 5.73 Å². The van der Waals surface area contributed by atoms with Crippen molar-refractivity contribution in [2.75, 3.05) is 0 Å². The summed E-state index contributed by atoms with van der Waals surface area (Å²) in [6, 6.07) is 2.88. The van der Waals surface area contributed by atoms with E-state index in [0.717, 1.165) is 0 Å². The van der Waals surface area contributed by atoms with E-state index in [9.17, 15) is 13.2 Å². The lowest BCUT2D eigenvalue weighted by molar-refractivity contribution is 0.116. The molecule has 78 valence electrons. The Balaban J connectivity index is 2.77. The monoisotopic (exact) mass is 203 g/mol. The van der Waals surface area contributed by atoms with Gasteiger partial charge in [-0.2, -0.15) is 0 Å². The molecule has 0 aliphatic rings. The third-order valence-corrected chi connectivity index (χ3v) is 2.08. The zero-order valence-electron chi connectivity index (χ0n) is 7.81. The Morgan fingerprint density at radius 3 is 2.50 bits per heavy atom. The summed E-state index contributed by atoms with van der Waals surface area (Å²) in [6.45, 7) is 1.68. The van der Waals surface area contributed by atoms with Gasteiger partial charge in [-0.1, -0.05) is 6.07 Å². The molecule has 0 spiro atoms. The number of aryl methyl sites for hydroxylation is 1. The largest absolute Gasteiger partial charge is 0.323 e. The molecule has 2 N–H and O–H groups in total. The molecule has 0 radical (unpaired) electrons. The summed E-state index contributed by atoms with van der Waals surface area (Å²) >= 11 is 0. The molecule has 1 aromatic rings. The maximum absolute atomic E-state index is 12.7. The molecular weight excluding hydrogens is 191 g/mol. The normalized spacial score (nSPS) is 13.3.